The third kappa shape index (κ3) is 9.16. The minimum absolute atomic E-state index is 0.0206. The van der Waals surface area contributed by atoms with Crippen molar-refractivity contribution in [2.45, 2.75) is 64.1 Å². The standard InChI is InChI=1S/C38H45N3O6S/c1-27-16-19-32(20-17-27)48(44,45)41(31-18-21-34(46-6)35(24-31)47-7)26-36(42)40(25-30-15-11-12-28(2)22-30)33(37(43)39-38(3,4)5)23-29-13-9-8-10-14-29/h8-22,24,33H,23,25-26H2,1-7H3,(H,39,43). The van der Waals surface area contributed by atoms with Gasteiger partial charge >= 0.3 is 0 Å². The van der Waals surface area contributed by atoms with Gasteiger partial charge in [0.25, 0.3) is 10.0 Å². The molecule has 0 spiro atoms. The molecule has 10 heteroatoms. The highest BCUT2D eigenvalue weighted by Crippen LogP contribution is 2.34. The van der Waals surface area contributed by atoms with Crippen LogP contribution in [-0.4, -0.2) is 57.5 Å². The first-order chi connectivity index (χ1) is 22.7. The number of ether oxygens (including phenoxy) is 2. The van der Waals surface area contributed by atoms with E-state index < -0.39 is 34.1 Å². The number of sulfonamides is 1. The van der Waals surface area contributed by atoms with E-state index in [9.17, 15) is 18.0 Å². The Morgan fingerprint density at radius 1 is 0.771 bits per heavy atom. The molecule has 9 nitrogen and oxygen atoms in total. The van der Waals surface area contributed by atoms with Crippen LogP contribution in [0.15, 0.2) is 102 Å². The lowest BCUT2D eigenvalue weighted by Gasteiger charge is -2.35. The van der Waals surface area contributed by atoms with Crippen molar-refractivity contribution in [2.75, 3.05) is 25.1 Å². The second kappa shape index (κ2) is 15.4. The predicted molar refractivity (Wildman–Crippen MR) is 189 cm³/mol. The largest absolute Gasteiger partial charge is 0.493 e. The van der Waals surface area contributed by atoms with E-state index in [4.69, 9.17) is 9.47 Å². The number of aryl methyl sites for hydroxylation is 2. The molecular weight excluding hydrogens is 627 g/mol. The number of amides is 2. The van der Waals surface area contributed by atoms with Gasteiger partial charge in [0, 0.05) is 24.6 Å². The molecule has 0 saturated heterocycles. The van der Waals surface area contributed by atoms with E-state index in [2.05, 4.69) is 5.32 Å². The highest BCUT2D eigenvalue weighted by molar-refractivity contribution is 7.92. The van der Waals surface area contributed by atoms with E-state index in [-0.39, 0.29) is 29.5 Å². The number of hydrogen-bond donors (Lipinski definition) is 1. The molecule has 0 aromatic heterocycles. The van der Waals surface area contributed by atoms with E-state index in [1.165, 1.54) is 37.3 Å². The van der Waals surface area contributed by atoms with E-state index in [0.29, 0.717) is 11.5 Å². The van der Waals surface area contributed by atoms with Gasteiger partial charge in [-0.1, -0.05) is 77.9 Å². The Kier molecular flexibility index (Phi) is 11.5. The third-order valence-electron chi connectivity index (χ3n) is 7.75. The molecule has 0 saturated carbocycles. The Labute approximate surface area is 284 Å². The number of methoxy groups -OCH3 is 2. The minimum atomic E-state index is -4.27. The first kappa shape index (κ1) is 36.0. The van der Waals surface area contributed by atoms with Gasteiger partial charge in [-0.25, -0.2) is 8.42 Å². The summed E-state index contributed by atoms with van der Waals surface area (Å²) in [5.74, 6) is -0.184. The molecule has 4 aromatic carbocycles. The molecule has 0 bridgehead atoms. The molecule has 48 heavy (non-hydrogen) atoms. The lowest BCUT2D eigenvalue weighted by Crippen LogP contribution is -2.56. The fourth-order valence-electron chi connectivity index (χ4n) is 5.36. The molecule has 0 radical (unpaired) electrons. The predicted octanol–water partition coefficient (Wildman–Crippen LogP) is 6.07. The SMILES string of the molecule is COc1ccc(N(CC(=O)N(Cc2cccc(C)c2)C(Cc2ccccc2)C(=O)NC(C)(C)C)S(=O)(=O)c2ccc(C)cc2)cc1OC. The highest BCUT2D eigenvalue weighted by Gasteiger charge is 2.36. The minimum Gasteiger partial charge on any atom is -0.493 e. The van der Waals surface area contributed by atoms with Gasteiger partial charge in [0.15, 0.2) is 11.5 Å². The molecule has 1 unspecified atom stereocenters. The van der Waals surface area contributed by atoms with Gasteiger partial charge in [-0.05, 0) is 70.0 Å². The molecular formula is C38H45N3O6S. The van der Waals surface area contributed by atoms with Gasteiger partial charge in [-0.15, -0.1) is 0 Å². The van der Waals surface area contributed by atoms with Crippen molar-refractivity contribution in [3.63, 3.8) is 0 Å². The number of carbonyl (C=O) groups excluding carboxylic acids is 2. The second-order valence-corrected chi connectivity index (χ2v) is 14.7. The number of nitrogens with zero attached hydrogens (tertiary/aromatic N) is 2. The monoisotopic (exact) mass is 671 g/mol. The van der Waals surface area contributed by atoms with Crippen molar-refractivity contribution < 1.29 is 27.5 Å². The van der Waals surface area contributed by atoms with Gasteiger partial charge in [-0.3, -0.25) is 13.9 Å². The van der Waals surface area contributed by atoms with Crippen LogP contribution in [0.3, 0.4) is 0 Å². The lowest BCUT2D eigenvalue weighted by molar-refractivity contribution is -0.140. The Morgan fingerprint density at radius 3 is 2.02 bits per heavy atom. The summed E-state index contributed by atoms with van der Waals surface area (Å²) in [5.41, 5.74) is 3.18. The molecule has 4 aromatic rings. The summed E-state index contributed by atoms with van der Waals surface area (Å²) in [5, 5.41) is 3.05. The molecule has 2 amide bonds. The van der Waals surface area contributed by atoms with Crippen molar-refractivity contribution in [3.8, 4) is 11.5 Å². The number of rotatable bonds is 13. The first-order valence-corrected chi connectivity index (χ1v) is 17.2. The summed E-state index contributed by atoms with van der Waals surface area (Å²) in [6, 6.07) is 27.3. The van der Waals surface area contributed by atoms with Crippen LogP contribution in [0.4, 0.5) is 5.69 Å². The van der Waals surface area contributed by atoms with E-state index in [0.717, 1.165) is 26.6 Å². The van der Waals surface area contributed by atoms with Crippen molar-refractivity contribution in [1.29, 1.82) is 0 Å². The maximum Gasteiger partial charge on any atom is 0.264 e. The fourth-order valence-corrected chi connectivity index (χ4v) is 6.77. The summed E-state index contributed by atoms with van der Waals surface area (Å²) in [6.45, 7) is 8.96. The molecule has 0 aliphatic rings. The van der Waals surface area contributed by atoms with Gasteiger partial charge in [-0.2, -0.15) is 0 Å². The highest BCUT2D eigenvalue weighted by atomic mass is 32.2. The average Bonchev–Trinajstić information content (AvgIpc) is 3.04. The van der Waals surface area contributed by atoms with E-state index >= 15 is 0 Å². The molecule has 1 atom stereocenters. The normalized spacial score (nSPS) is 12.1. The summed E-state index contributed by atoms with van der Waals surface area (Å²) in [4.78, 5) is 30.3. The molecule has 1 N–H and O–H groups in total. The van der Waals surface area contributed by atoms with Gasteiger partial charge in [0.2, 0.25) is 11.8 Å². The zero-order valence-corrected chi connectivity index (χ0v) is 29.5. The summed E-state index contributed by atoms with van der Waals surface area (Å²) in [6.07, 6.45) is 0.224. The lowest BCUT2D eigenvalue weighted by atomic mass is 10.0. The zero-order valence-electron chi connectivity index (χ0n) is 28.7. The van der Waals surface area contributed by atoms with Crippen LogP contribution in [-0.2, 0) is 32.6 Å². The smallest absolute Gasteiger partial charge is 0.264 e. The molecule has 0 heterocycles. The van der Waals surface area contributed by atoms with Gasteiger partial charge in [0.1, 0.15) is 12.6 Å². The maximum atomic E-state index is 14.7. The van der Waals surface area contributed by atoms with Crippen molar-refractivity contribution in [3.05, 3.63) is 119 Å². The second-order valence-electron chi connectivity index (χ2n) is 12.8. The van der Waals surface area contributed by atoms with E-state index in [1.807, 2.05) is 89.2 Å². The summed E-state index contributed by atoms with van der Waals surface area (Å²) < 4.78 is 40.6. The Balaban J connectivity index is 1.86. The Morgan fingerprint density at radius 2 is 1.42 bits per heavy atom. The van der Waals surface area contributed by atoms with Crippen LogP contribution in [0.25, 0.3) is 0 Å². The summed E-state index contributed by atoms with van der Waals surface area (Å²) in [7, 11) is -1.33. The fraction of sp³-hybridized carbons (Fsp3) is 0.316. The molecule has 4 rings (SSSR count). The van der Waals surface area contributed by atoms with Crippen molar-refractivity contribution in [2.24, 2.45) is 0 Å². The van der Waals surface area contributed by atoms with E-state index in [1.54, 1.807) is 24.3 Å². The average molecular weight is 672 g/mol. The molecule has 254 valence electrons. The molecule has 0 aliphatic carbocycles. The van der Waals surface area contributed by atoms with Crippen LogP contribution < -0.4 is 19.1 Å². The number of anilines is 1. The van der Waals surface area contributed by atoms with Crippen molar-refractivity contribution in [1.82, 2.24) is 10.2 Å². The zero-order chi connectivity index (χ0) is 35.1. The maximum absolute atomic E-state index is 14.7. The van der Waals surface area contributed by atoms with Crippen LogP contribution in [0.5, 0.6) is 11.5 Å². The van der Waals surface area contributed by atoms with Crippen LogP contribution >= 0.6 is 0 Å². The summed E-state index contributed by atoms with van der Waals surface area (Å²) >= 11 is 0. The third-order valence-corrected chi connectivity index (χ3v) is 9.54. The van der Waals surface area contributed by atoms with Crippen LogP contribution in [0.2, 0.25) is 0 Å². The quantitative estimate of drug-likeness (QED) is 0.185. The Bertz CT molecular complexity index is 1820. The Hall–Kier alpha value is -4.83. The molecule has 0 aliphatic heterocycles. The van der Waals surface area contributed by atoms with Crippen molar-refractivity contribution >= 4 is 27.5 Å². The topological polar surface area (TPSA) is 105 Å². The van der Waals surface area contributed by atoms with Gasteiger partial charge in [0.05, 0.1) is 24.8 Å². The van der Waals surface area contributed by atoms with Gasteiger partial charge < -0.3 is 19.7 Å². The number of hydrogen-bond acceptors (Lipinski definition) is 6. The van der Waals surface area contributed by atoms with Crippen LogP contribution in [0.1, 0.15) is 43.0 Å². The first-order valence-electron chi connectivity index (χ1n) is 15.7. The molecule has 0 fully saturated rings. The number of benzene rings is 4. The van der Waals surface area contributed by atoms with Crippen LogP contribution in [0, 0.1) is 13.8 Å². The number of nitrogens with one attached hydrogen (secondary N) is 1. The number of carbonyl (C=O) groups is 2.